The van der Waals surface area contributed by atoms with Crippen molar-refractivity contribution in [2.24, 2.45) is 5.11 Å². The maximum Gasteiger partial charge on any atom is 0.490 e. The van der Waals surface area contributed by atoms with Gasteiger partial charge in [-0.05, 0) is 12.0 Å². The molecule has 0 aliphatic carbocycles. The van der Waals surface area contributed by atoms with Crippen LogP contribution in [0.2, 0.25) is 0 Å². The molecule has 5 N–H and O–H groups in total. The smallest absolute Gasteiger partial charge is 0.352 e. The highest BCUT2D eigenvalue weighted by molar-refractivity contribution is 7.66. The fraction of sp³-hybridized carbons (Fsp3) is 0.636. The fourth-order valence-corrected chi connectivity index (χ4v) is 5.72. The Kier molecular flexibility index (Phi) is 8.40. The topological polar surface area (TPSA) is 273 Å². The minimum atomic E-state index is -5.71. The summed E-state index contributed by atoms with van der Waals surface area (Å²) in [6, 6.07) is -1.04. The molecule has 0 radical (unpaired) electrons. The summed E-state index contributed by atoms with van der Waals surface area (Å²) in [6.07, 6.45) is -0.912. The molecule has 0 spiro atoms. The van der Waals surface area contributed by atoms with Gasteiger partial charge in [-0.15, -0.1) is 0 Å². The maximum atomic E-state index is 12.1. The van der Waals surface area contributed by atoms with Crippen molar-refractivity contribution in [3.63, 3.8) is 0 Å². The number of aromatic amines is 1. The molecule has 1 aliphatic heterocycles. The van der Waals surface area contributed by atoms with E-state index in [1.165, 1.54) is 6.20 Å². The summed E-state index contributed by atoms with van der Waals surface area (Å²) in [4.78, 5) is 64.2. The van der Waals surface area contributed by atoms with Crippen molar-refractivity contribution >= 4 is 23.5 Å². The SMILES string of the molecule is CCc1cn([C@H]2C[C@H](N=[N+]=[N-])[C@@H](COP(=O)(O)OP(=O)(O)OP(=O)(O)O)O2)c(=O)[nH]c1=O. The first kappa shape index (κ1) is 26.6. The predicted octanol–water partition coefficient (Wildman–Crippen LogP) is 0.409. The number of ether oxygens (including phenoxy) is 1. The van der Waals surface area contributed by atoms with Crippen LogP contribution in [0.25, 0.3) is 10.4 Å². The van der Waals surface area contributed by atoms with E-state index in [0.29, 0.717) is 0 Å². The zero-order valence-corrected chi connectivity index (χ0v) is 18.7. The van der Waals surface area contributed by atoms with E-state index >= 15 is 0 Å². The number of H-pyrrole nitrogens is 1. The molecule has 2 unspecified atom stereocenters. The Morgan fingerprint density at radius 3 is 2.47 bits per heavy atom. The lowest BCUT2D eigenvalue weighted by Gasteiger charge is -2.19. The van der Waals surface area contributed by atoms with Crippen LogP contribution in [0.1, 0.15) is 25.1 Å². The lowest BCUT2D eigenvalue weighted by Crippen LogP contribution is -2.34. The van der Waals surface area contributed by atoms with Crippen LogP contribution in [-0.4, -0.2) is 47.9 Å². The summed E-state index contributed by atoms with van der Waals surface area (Å²) >= 11 is 0. The Hall–Kier alpha value is -1.64. The van der Waals surface area contributed by atoms with Gasteiger partial charge in [0.2, 0.25) is 0 Å². The number of nitrogens with zero attached hydrogens (tertiary/aromatic N) is 4. The lowest BCUT2D eigenvalue weighted by molar-refractivity contribution is -0.0268. The molecule has 1 fully saturated rings. The number of hydrogen-bond donors (Lipinski definition) is 5. The molecule has 32 heavy (non-hydrogen) atoms. The summed E-state index contributed by atoms with van der Waals surface area (Å²) in [5.74, 6) is 0. The van der Waals surface area contributed by atoms with E-state index in [-0.39, 0.29) is 18.4 Å². The van der Waals surface area contributed by atoms with Gasteiger partial charge in [0.25, 0.3) is 5.56 Å². The second kappa shape index (κ2) is 10.1. The molecule has 180 valence electrons. The molecule has 1 saturated heterocycles. The largest absolute Gasteiger partial charge is 0.490 e. The fourth-order valence-electron chi connectivity index (χ4n) is 2.69. The summed E-state index contributed by atoms with van der Waals surface area (Å²) in [7, 11) is -16.7. The van der Waals surface area contributed by atoms with E-state index in [1.54, 1.807) is 6.92 Å². The van der Waals surface area contributed by atoms with E-state index in [9.17, 15) is 28.2 Å². The van der Waals surface area contributed by atoms with Crippen LogP contribution in [0.15, 0.2) is 20.9 Å². The van der Waals surface area contributed by atoms with Gasteiger partial charge in [0.15, 0.2) is 0 Å². The molecule has 21 heteroatoms. The number of phosphoric acid groups is 3. The number of azide groups is 1. The third-order valence-electron chi connectivity index (χ3n) is 3.95. The van der Waals surface area contributed by atoms with E-state index < -0.39 is 59.7 Å². The summed E-state index contributed by atoms with van der Waals surface area (Å²) < 4.78 is 52.1. The van der Waals surface area contributed by atoms with Crippen molar-refractivity contribution in [3.05, 3.63) is 43.0 Å². The quantitative estimate of drug-likeness (QED) is 0.121. The molecule has 18 nitrogen and oxygen atoms in total. The van der Waals surface area contributed by atoms with Crippen LogP contribution in [0.5, 0.6) is 0 Å². The molecule has 0 bridgehead atoms. The molecule has 1 aliphatic rings. The van der Waals surface area contributed by atoms with Gasteiger partial charge in [0.1, 0.15) is 6.23 Å². The zero-order chi connectivity index (χ0) is 24.3. The predicted molar refractivity (Wildman–Crippen MR) is 102 cm³/mol. The van der Waals surface area contributed by atoms with Crippen molar-refractivity contribution < 1.29 is 51.2 Å². The Balaban J connectivity index is 2.16. The third kappa shape index (κ3) is 7.46. The van der Waals surface area contributed by atoms with Crippen LogP contribution in [0, 0.1) is 0 Å². The zero-order valence-electron chi connectivity index (χ0n) is 16.0. The Morgan fingerprint density at radius 2 is 1.91 bits per heavy atom. The summed E-state index contributed by atoms with van der Waals surface area (Å²) in [5, 5.41) is 3.44. The summed E-state index contributed by atoms with van der Waals surface area (Å²) in [5.41, 5.74) is 7.55. The molecule has 2 rings (SSSR count). The van der Waals surface area contributed by atoms with Crippen LogP contribution in [0.4, 0.5) is 0 Å². The normalized spacial score (nSPS) is 25.0. The average Bonchev–Trinajstić information content (AvgIpc) is 3.00. The first-order valence-corrected chi connectivity index (χ1v) is 13.0. The van der Waals surface area contributed by atoms with E-state index in [1.807, 2.05) is 0 Å². The lowest BCUT2D eigenvalue weighted by atomic mass is 10.1. The van der Waals surface area contributed by atoms with E-state index in [4.69, 9.17) is 24.9 Å². The molecule has 1 aromatic rings. The molecule has 0 amide bonds. The number of aromatic nitrogens is 2. The highest BCUT2D eigenvalue weighted by Crippen LogP contribution is 2.66. The molecular weight excluding hydrogens is 503 g/mol. The van der Waals surface area contributed by atoms with Crippen LogP contribution >= 0.6 is 23.5 Å². The van der Waals surface area contributed by atoms with Crippen molar-refractivity contribution in [3.8, 4) is 0 Å². The minimum Gasteiger partial charge on any atom is -0.352 e. The van der Waals surface area contributed by atoms with Gasteiger partial charge in [-0.3, -0.25) is 18.9 Å². The Bertz CT molecular complexity index is 1150. The molecule has 5 atom stereocenters. The second-order valence-corrected chi connectivity index (χ2v) is 10.6. The third-order valence-corrected chi connectivity index (χ3v) is 7.76. The molecular formula is C11H18N5O13P3. The van der Waals surface area contributed by atoms with Crippen molar-refractivity contribution in [2.75, 3.05) is 6.61 Å². The van der Waals surface area contributed by atoms with Gasteiger partial charge in [-0.1, -0.05) is 12.0 Å². The van der Waals surface area contributed by atoms with Gasteiger partial charge < -0.3 is 24.3 Å². The van der Waals surface area contributed by atoms with Gasteiger partial charge in [0, 0.05) is 23.1 Å². The average molecular weight is 521 g/mol. The number of phosphoric ester groups is 1. The van der Waals surface area contributed by atoms with Gasteiger partial charge in [-0.25, -0.2) is 18.5 Å². The Labute approximate surface area is 177 Å². The highest BCUT2D eigenvalue weighted by Gasteiger charge is 2.43. The highest BCUT2D eigenvalue weighted by atomic mass is 31.3. The van der Waals surface area contributed by atoms with E-state index in [0.717, 1.165) is 4.57 Å². The van der Waals surface area contributed by atoms with Gasteiger partial charge in [0.05, 0.1) is 18.8 Å². The number of nitrogens with one attached hydrogen (secondary N) is 1. The summed E-state index contributed by atoms with van der Waals surface area (Å²) in [6.45, 7) is 0.797. The maximum absolute atomic E-state index is 12.1. The van der Waals surface area contributed by atoms with Crippen molar-refractivity contribution in [1.82, 2.24) is 9.55 Å². The first-order valence-electron chi connectivity index (χ1n) is 8.48. The minimum absolute atomic E-state index is 0.108. The van der Waals surface area contributed by atoms with Crippen molar-refractivity contribution in [2.45, 2.75) is 38.1 Å². The number of aryl methyl sites for hydroxylation is 1. The molecule has 0 aromatic carbocycles. The van der Waals surface area contributed by atoms with Crippen LogP contribution < -0.4 is 11.2 Å². The number of hydrogen-bond acceptors (Lipinski definition) is 10. The molecule has 1 aromatic heterocycles. The molecule has 2 heterocycles. The monoisotopic (exact) mass is 521 g/mol. The number of rotatable bonds is 10. The van der Waals surface area contributed by atoms with E-state index in [2.05, 4.69) is 28.2 Å². The molecule has 0 saturated carbocycles. The van der Waals surface area contributed by atoms with Crippen molar-refractivity contribution in [1.29, 1.82) is 0 Å². The Morgan fingerprint density at radius 1 is 1.25 bits per heavy atom. The van der Waals surface area contributed by atoms with Gasteiger partial charge in [-0.2, -0.15) is 8.62 Å². The first-order chi connectivity index (χ1) is 14.7. The standard InChI is InChI=1S/C11H18N5O13P3/c1-2-6-4-16(11(18)13-10(6)17)9-3-7(14-15-12)8(27-9)5-26-31(22,23)29-32(24,25)28-30(19,20)21/h4,7-9H,2-3,5H2,1H3,(H,22,23)(H,24,25)(H,13,17,18)(H2,19,20,21)/t7-,8+,9+/m0/s1. The second-order valence-electron chi connectivity index (χ2n) is 6.20. The van der Waals surface area contributed by atoms with Crippen LogP contribution in [-0.2, 0) is 38.0 Å². The van der Waals surface area contributed by atoms with Gasteiger partial charge >= 0.3 is 29.2 Å². The van der Waals surface area contributed by atoms with Crippen LogP contribution in [0.3, 0.4) is 0 Å².